The van der Waals surface area contributed by atoms with Crippen molar-refractivity contribution in [1.82, 2.24) is 5.32 Å². The van der Waals surface area contributed by atoms with E-state index in [2.05, 4.69) is 5.32 Å². The summed E-state index contributed by atoms with van der Waals surface area (Å²) in [7, 11) is 0. The third-order valence-corrected chi connectivity index (χ3v) is 1.67. The second kappa shape index (κ2) is 5.01. The van der Waals surface area contributed by atoms with Crippen LogP contribution in [0.5, 0.6) is 0 Å². The van der Waals surface area contributed by atoms with Crippen LogP contribution in [0.15, 0.2) is 30.3 Å². The van der Waals surface area contributed by atoms with Crippen molar-refractivity contribution in [2.45, 2.75) is 6.42 Å². The SMILES string of the molecule is O=C(NCCC(O)=[OH+])c1ccccc1. The standard InChI is InChI=1S/C10H11NO3/c12-9(13)6-7-11-10(14)8-4-2-1-3-5-8/h1-5H,6-7H2,(H,11,14)(H,12,13)/p+1. The summed E-state index contributed by atoms with van der Waals surface area (Å²) in [5, 5.41) is 11.0. The minimum Gasteiger partial charge on any atom is -0.351 e. The molecule has 0 aliphatic heterocycles. The van der Waals surface area contributed by atoms with Crippen LogP contribution in [-0.4, -0.2) is 28.3 Å². The van der Waals surface area contributed by atoms with Gasteiger partial charge in [-0.05, 0) is 12.1 Å². The summed E-state index contributed by atoms with van der Waals surface area (Å²) >= 11 is 0. The molecule has 0 unspecified atom stereocenters. The molecule has 1 aromatic rings. The first-order valence-electron chi connectivity index (χ1n) is 4.27. The summed E-state index contributed by atoms with van der Waals surface area (Å²) in [6, 6.07) is 8.74. The first kappa shape index (κ1) is 10.2. The van der Waals surface area contributed by atoms with Crippen LogP contribution in [0, 0.1) is 0 Å². The minimum absolute atomic E-state index is 0.0541. The molecule has 0 radical (unpaired) electrons. The fourth-order valence-electron chi connectivity index (χ4n) is 0.979. The van der Waals surface area contributed by atoms with Crippen LogP contribution in [-0.2, 0) is 0 Å². The minimum atomic E-state index is -0.668. The van der Waals surface area contributed by atoms with E-state index in [1.807, 2.05) is 6.07 Å². The van der Waals surface area contributed by atoms with Crippen molar-refractivity contribution < 1.29 is 14.7 Å². The molecule has 0 aliphatic carbocycles. The van der Waals surface area contributed by atoms with Crippen molar-refractivity contribution in [2.24, 2.45) is 0 Å². The van der Waals surface area contributed by atoms with E-state index in [9.17, 15) is 4.79 Å². The summed E-state index contributed by atoms with van der Waals surface area (Å²) in [4.78, 5) is 19.8. The fraction of sp³-hybridized carbons (Fsp3) is 0.200. The lowest BCUT2D eigenvalue weighted by molar-refractivity contribution is 0.0954. The second-order valence-corrected chi connectivity index (χ2v) is 2.79. The summed E-state index contributed by atoms with van der Waals surface area (Å²) in [6.07, 6.45) is 0.0541. The first-order valence-corrected chi connectivity index (χ1v) is 4.27. The Labute approximate surface area is 81.6 Å². The second-order valence-electron chi connectivity index (χ2n) is 2.79. The van der Waals surface area contributed by atoms with Gasteiger partial charge in [0.05, 0.1) is 0 Å². The summed E-state index contributed by atoms with van der Waals surface area (Å²) in [6.45, 7) is 0.218. The average molecular weight is 194 g/mol. The molecule has 4 heteroatoms. The number of benzene rings is 1. The van der Waals surface area contributed by atoms with Gasteiger partial charge in [-0.2, -0.15) is 0 Å². The Hall–Kier alpha value is -1.84. The average Bonchev–Trinajstić information content (AvgIpc) is 2.18. The molecule has 0 bridgehead atoms. The lowest BCUT2D eigenvalue weighted by Gasteiger charge is -2.01. The summed E-state index contributed by atoms with van der Waals surface area (Å²) < 4.78 is 0. The molecule has 4 nitrogen and oxygen atoms in total. The number of amides is 1. The molecule has 0 aromatic heterocycles. The molecule has 0 spiro atoms. The predicted octanol–water partition coefficient (Wildman–Crippen LogP) is 0.867. The van der Waals surface area contributed by atoms with Gasteiger partial charge >= 0.3 is 5.97 Å². The van der Waals surface area contributed by atoms with Crippen LogP contribution in [0.25, 0.3) is 0 Å². The van der Waals surface area contributed by atoms with Gasteiger partial charge in [0.2, 0.25) is 0 Å². The molecular formula is C10H12NO3+. The number of carboxylic acid groups (broad SMARTS) is 1. The highest BCUT2D eigenvalue weighted by Crippen LogP contribution is 1.97. The smallest absolute Gasteiger partial charge is 0.351 e. The Bertz CT molecular complexity index is 321. The Morgan fingerprint density at radius 1 is 1.36 bits per heavy atom. The maximum atomic E-state index is 11.3. The predicted molar refractivity (Wildman–Crippen MR) is 53.0 cm³/mol. The van der Waals surface area contributed by atoms with E-state index < -0.39 is 5.97 Å². The van der Waals surface area contributed by atoms with Crippen molar-refractivity contribution in [2.75, 3.05) is 6.54 Å². The number of carboxylic acids is 1. The lowest BCUT2D eigenvalue weighted by atomic mass is 10.2. The number of hydrogen-bond acceptors (Lipinski definition) is 1. The van der Waals surface area contributed by atoms with Crippen LogP contribution >= 0.6 is 0 Å². The van der Waals surface area contributed by atoms with Crippen LogP contribution in [0.2, 0.25) is 0 Å². The fourth-order valence-corrected chi connectivity index (χ4v) is 0.979. The zero-order valence-corrected chi connectivity index (χ0v) is 7.60. The number of carbonyl (C=O) groups excluding carboxylic acids is 1. The van der Waals surface area contributed by atoms with Gasteiger partial charge in [-0.1, -0.05) is 18.2 Å². The number of carbonyl (C=O) groups is 1. The highest BCUT2D eigenvalue weighted by atomic mass is 16.4. The van der Waals surface area contributed by atoms with E-state index in [-0.39, 0.29) is 18.9 Å². The molecule has 1 rings (SSSR count). The van der Waals surface area contributed by atoms with Gasteiger partial charge in [0.1, 0.15) is 6.42 Å². The van der Waals surface area contributed by atoms with Gasteiger partial charge < -0.3 is 15.2 Å². The third kappa shape index (κ3) is 3.26. The monoisotopic (exact) mass is 194 g/mol. The molecule has 1 amide bonds. The topological polar surface area (TPSA) is 70.7 Å². The Morgan fingerprint density at radius 3 is 2.57 bits per heavy atom. The van der Waals surface area contributed by atoms with Crippen molar-refractivity contribution >= 4 is 11.9 Å². The molecule has 14 heavy (non-hydrogen) atoms. The Morgan fingerprint density at radius 2 is 2.00 bits per heavy atom. The normalized spacial score (nSPS) is 9.43. The third-order valence-electron chi connectivity index (χ3n) is 1.67. The maximum Gasteiger partial charge on any atom is 0.482 e. The van der Waals surface area contributed by atoms with E-state index >= 15 is 0 Å². The molecule has 1 aromatic carbocycles. The van der Waals surface area contributed by atoms with Gasteiger partial charge in [0.25, 0.3) is 5.91 Å². The van der Waals surface area contributed by atoms with E-state index in [1.54, 1.807) is 24.3 Å². The highest BCUT2D eigenvalue weighted by molar-refractivity contribution is 5.94. The van der Waals surface area contributed by atoms with E-state index in [0.29, 0.717) is 5.56 Å². The van der Waals surface area contributed by atoms with Crippen molar-refractivity contribution in [3.05, 3.63) is 35.9 Å². The van der Waals surface area contributed by atoms with E-state index in [4.69, 9.17) is 9.90 Å². The quantitative estimate of drug-likeness (QED) is 0.698. The zero-order valence-electron chi connectivity index (χ0n) is 7.60. The molecular weight excluding hydrogens is 182 g/mol. The number of aliphatic hydroxyl groups excluding tert-OH is 1. The number of rotatable bonds is 4. The molecule has 74 valence electrons. The van der Waals surface area contributed by atoms with Gasteiger partial charge in [-0.25, -0.2) is 0 Å². The van der Waals surface area contributed by atoms with Crippen LogP contribution in [0.3, 0.4) is 0 Å². The molecule has 0 saturated heterocycles. The number of aliphatic carboxylic acids is 1. The van der Waals surface area contributed by atoms with E-state index in [1.165, 1.54) is 0 Å². The Balaban J connectivity index is 2.40. The molecule has 0 aliphatic rings. The van der Waals surface area contributed by atoms with Gasteiger partial charge in [0.15, 0.2) is 0 Å². The number of hydrogen-bond donors (Lipinski definition) is 2. The van der Waals surface area contributed by atoms with Gasteiger partial charge in [-0.3, -0.25) is 4.79 Å². The molecule has 0 fully saturated rings. The molecule has 0 saturated carbocycles. The van der Waals surface area contributed by atoms with Gasteiger partial charge in [0, 0.05) is 12.1 Å². The van der Waals surface area contributed by atoms with Crippen molar-refractivity contribution in [3.8, 4) is 0 Å². The molecule has 0 heterocycles. The van der Waals surface area contributed by atoms with Crippen LogP contribution in [0.4, 0.5) is 0 Å². The summed E-state index contributed by atoms with van der Waals surface area (Å²) in [5.74, 6) is -0.884. The van der Waals surface area contributed by atoms with Crippen molar-refractivity contribution in [1.29, 1.82) is 0 Å². The lowest BCUT2D eigenvalue weighted by Crippen LogP contribution is -2.25. The molecule has 0 atom stereocenters. The largest absolute Gasteiger partial charge is 0.482 e. The van der Waals surface area contributed by atoms with Gasteiger partial charge in [-0.15, -0.1) is 0 Å². The molecule has 3 N–H and O–H groups in total. The van der Waals surface area contributed by atoms with Crippen LogP contribution < -0.4 is 5.32 Å². The summed E-state index contributed by atoms with van der Waals surface area (Å²) in [5.41, 5.74) is 0.560. The maximum absolute atomic E-state index is 11.3. The number of nitrogens with one attached hydrogen (secondary N) is 1. The first-order chi connectivity index (χ1) is 6.70. The highest BCUT2D eigenvalue weighted by Gasteiger charge is 2.07. The van der Waals surface area contributed by atoms with E-state index in [0.717, 1.165) is 0 Å². The zero-order chi connectivity index (χ0) is 10.4. The van der Waals surface area contributed by atoms with Crippen molar-refractivity contribution in [3.63, 3.8) is 0 Å². The van der Waals surface area contributed by atoms with Crippen LogP contribution in [0.1, 0.15) is 16.8 Å². The Kier molecular flexibility index (Phi) is 3.67.